The van der Waals surface area contributed by atoms with Gasteiger partial charge in [0.05, 0.1) is 0 Å². The number of aromatic nitrogens is 2. The van der Waals surface area contributed by atoms with Crippen LogP contribution < -0.4 is 10.5 Å². The standard InChI is InChI=1S/C11H13N3OS/c1-7-4-3-5-8(2)10(7)15-6-9-13-14-11(12)16-9/h3-5H,6H2,1-2H3,(H2,12,14). The molecule has 0 bridgehead atoms. The molecule has 0 unspecified atom stereocenters. The molecule has 1 aromatic heterocycles. The summed E-state index contributed by atoms with van der Waals surface area (Å²) in [5.74, 6) is 0.913. The molecule has 0 saturated heterocycles. The van der Waals surface area contributed by atoms with Crippen LogP contribution in [0.1, 0.15) is 16.1 Å². The summed E-state index contributed by atoms with van der Waals surface area (Å²) >= 11 is 1.35. The first kappa shape index (κ1) is 10.9. The van der Waals surface area contributed by atoms with Gasteiger partial charge in [-0.25, -0.2) is 0 Å². The van der Waals surface area contributed by atoms with Crippen LogP contribution >= 0.6 is 11.3 Å². The fourth-order valence-corrected chi connectivity index (χ4v) is 2.01. The highest BCUT2D eigenvalue weighted by Gasteiger charge is 2.06. The van der Waals surface area contributed by atoms with Gasteiger partial charge in [-0.05, 0) is 25.0 Å². The molecule has 0 amide bonds. The minimum Gasteiger partial charge on any atom is -0.486 e. The number of ether oxygens (including phenoxy) is 1. The van der Waals surface area contributed by atoms with Gasteiger partial charge in [-0.15, -0.1) is 10.2 Å². The van der Waals surface area contributed by atoms with Crippen molar-refractivity contribution in [3.63, 3.8) is 0 Å². The van der Waals surface area contributed by atoms with Crippen LogP contribution in [-0.2, 0) is 6.61 Å². The van der Waals surface area contributed by atoms with Gasteiger partial charge in [-0.2, -0.15) is 0 Å². The summed E-state index contributed by atoms with van der Waals surface area (Å²) < 4.78 is 5.72. The lowest BCUT2D eigenvalue weighted by Crippen LogP contribution is -1.98. The molecule has 0 aliphatic carbocycles. The summed E-state index contributed by atoms with van der Waals surface area (Å²) in [4.78, 5) is 0. The predicted octanol–water partition coefficient (Wildman–Crippen LogP) is 2.32. The first-order valence-corrected chi connectivity index (χ1v) is 5.75. The molecule has 0 aliphatic heterocycles. The molecule has 84 valence electrons. The third-order valence-electron chi connectivity index (χ3n) is 2.23. The first-order chi connectivity index (χ1) is 7.66. The molecule has 16 heavy (non-hydrogen) atoms. The van der Waals surface area contributed by atoms with E-state index >= 15 is 0 Å². The second-order valence-corrected chi connectivity index (χ2v) is 4.64. The Bertz CT molecular complexity index is 475. The number of nitrogen functional groups attached to an aromatic ring is 1. The highest BCUT2D eigenvalue weighted by molar-refractivity contribution is 7.15. The molecule has 0 radical (unpaired) electrons. The third kappa shape index (κ3) is 2.30. The first-order valence-electron chi connectivity index (χ1n) is 4.93. The minimum absolute atomic E-state index is 0.417. The van der Waals surface area contributed by atoms with Crippen LogP contribution in [0.2, 0.25) is 0 Å². The molecule has 0 spiro atoms. The Kier molecular flexibility index (Phi) is 3.05. The fraction of sp³-hybridized carbons (Fsp3) is 0.273. The Labute approximate surface area is 98.1 Å². The van der Waals surface area contributed by atoms with Crippen molar-refractivity contribution in [3.8, 4) is 5.75 Å². The molecule has 2 aromatic rings. The average Bonchev–Trinajstić information content (AvgIpc) is 2.63. The monoisotopic (exact) mass is 235 g/mol. The van der Waals surface area contributed by atoms with E-state index in [2.05, 4.69) is 10.2 Å². The molecule has 1 heterocycles. The molecule has 0 saturated carbocycles. The van der Waals surface area contributed by atoms with Crippen molar-refractivity contribution >= 4 is 16.5 Å². The van der Waals surface area contributed by atoms with E-state index in [9.17, 15) is 0 Å². The summed E-state index contributed by atoms with van der Waals surface area (Å²) in [5, 5.41) is 8.91. The summed E-state index contributed by atoms with van der Waals surface area (Å²) in [6.45, 7) is 4.47. The van der Waals surface area contributed by atoms with Crippen LogP contribution in [0.4, 0.5) is 5.13 Å². The van der Waals surface area contributed by atoms with E-state index in [0.717, 1.165) is 21.9 Å². The highest BCUT2D eigenvalue weighted by atomic mass is 32.1. The number of rotatable bonds is 3. The summed E-state index contributed by atoms with van der Waals surface area (Å²) in [7, 11) is 0. The van der Waals surface area contributed by atoms with Crippen LogP contribution in [-0.4, -0.2) is 10.2 Å². The molecule has 0 atom stereocenters. The molecule has 4 nitrogen and oxygen atoms in total. The SMILES string of the molecule is Cc1cccc(C)c1OCc1nnc(N)s1. The fourth-order valence-electron chi connectivity index (χ4n) is 1.49. The highest BCUT2D eigenvalue weighted by Crippen LogP contribution is 2.24. The zero-order valence-electron chi connectivity index (χ0n) is 9.23. The molecule has 1 aromatic carbocycles. The van der Waals surface area contributed by atoms with Gasteiger partial charge >= 0.3 is 0 Å². The van der Waals surface area contributed by atoms with Crippen molar-refractivity contribution < 1.29 is 4.74 Å². The molecule has 2 N–H and O–H groups in total. The summed E-state index contributed by atoms with van der Waals surface area (Å²) in [5.41, 5.74) is 7.74. The van der Waals surface area contributed by atoms with E-state index in [4.69, 9.17) is 10.5 Å². The topological polar surface area (TPSA) is 61.0 Å². The maximum atomic E-state index is 5.72. The lowest BCUT2D eigenvalue weighted by molar-refractivity contribution is 0.300. The van der Waals surface area contributed by atoms with Gasteiger partial charge in [0, 0.05) is 0 Å². The predicted molar refractivity (Wildman–Crippen MR) is 64.6 cm³/mol. The Morgan fingerprint density at radius 3 is 2.50 bits per heavy atom. The zero-order valence-corrected chi connectivity index (χ0v) is 10.0. The smallest absolute Gasteiger partial charge is 0.203 e. The molecule has 0 fully saturated rings. The number of nitrogens with two attached hydrogens (primary N) is 1. The van der Waals surface area contributed by atoms with Gasteiger partial charge in [0.15, 0.2) is 5.01 Å². The van der Waals surface area contributed by atoms with Gasteiger partial charge in [0.1, 0.15) is 12.4 Å². The second-order valence-electron chi connectivity index (χ2n) is 3.54. The number of benzene rings is 1. The number of nitrogens with zero attached hydrogens (tertiary/aromatic N) is 2. The van der Waals surface area contributed by atoms with E-state index in [1.165, 1.54) is 11.3 Å². The van der Waals surface area contributed by atoms with Gasteiger partial charge in [-0.1, -0.05) is 29.5 Å². The largest absolute Gasteiger partial charge is 0.486 e. The maximum Gasteiger partial charge on any atom is 0.203 e. The number of aryl methyl sites for hydroxylation is 2. The van der Waals surface area contributed by atoms with E-state index in [-0.39, 0.29) is 0 Å². The normalized spacial score (nSPS) is 10.4. The lowest BCUT2D eigenvalue weighted by atomic mass is 10.1. The quantitative estimate of drug-likeness (QED) is 0.886. The molecule has 0 aliphatic rings. The van der Waals surface area contributed by atoms with Gasteiger partial charge in [-0.3, -0.25) is 0 Å². The van der Waals surface area contributed by atoms with Crippen molar-refractivity contribution in [1.29, 1.82) is 0 Å². The van der Waals surface area contributed by atoms with E-state index < -0.39 is 0 Å². The minimum atomic E-state index is 0.417. The Morgan fingerprint density at radius 1 is 1.25 bits per heavy atom. The second kappa shape index (κ2) is 4.49. The van der Waals surface area contributed by atoms with Crippen molar-refractivity contribution in [2.45, 2.75) is 20.5 Å². The summed E-state index contributed by atoms with van der Waals surface area (Å²) in [6, 6.07) is 6.06. The molecule has 2 rings (SSSR count). The lowest BCUT2D eigenvalue weighted by Gasteiger charge is -2.09. The van der Waals surface area contributed by atoms with Gasteiger partial charge < -0.3 is 10.5 Å². The van der Waals surface area contributed by atoms with Gasteiger partial charge in [0.2, 0.25) is 5.13 Å². The zero-order chi connectivity index (χ0) is 11.5. The van der Waals surface area contributed by atoms with Crippen molar-refractivity contribution in [2.24, 2.45) is 0 Å². The number of para-hydroxylation sites is 1. The van der Waals surface area contributed by atoms with Crippen LogP contribution in [0.15, 0.2) is 18.2 Å². The van der Waals surface area contributed by atoms with Crippen LogP contribution in [0.25, 0.3) is 0 Å². The molecular weight excluding hydrogens is 222 g/mol. The number of anilines is 1. The van der Waals surface area contributed by atoms with E-state index in [1.54, 1.807) is 0 Å². The Balaban J connectivity index is 2.10. The maximum absolute atomic E-state index is 5.72. The Morgan fingerprint density at radius 2 is 1.94 bits per heavy atom. The van der Waals surface area contributed by atoms with Crippen molar-refractivity contribution in [3.05, 3.63) is 34.3 Å². The van der Waals surface area contributed by atoms with E-state index in [0.29, 0.717) is 11.7 Å². The third-order valence-corrected chi connectivity index (χ3v) is 2.96. The van der Waals surface area contributed by atoms with Gasteiger partial charge in [0.25, 0.3) is 0 Å². The van der Waals surface area contributed by atoms with E-state index in [1.807, 2.05) is 32.0 Å². The van der Waals surface area contributed by atoms with Crippen molar-refractivity contribution in [2.75, 3.05) is 5.73 Å². The Hall–Kier alpha value is -1.62. The van der Waals surface area contributed by atoms with Crippen LogP contribution in [0, 0.1) is 13.8 Å². The molecular formula is C11H13N3OS. The van der Waals surface area contributed by atoms with Crippen LogP contribution in [0.3, 0.4) is 0 Å². The molecule has 5 heteroatoms. The van der Waals surface area contributed by atoms with Crippen LogP contribution in [0.5, 0.6) is 5.75 Å². The number of hydrogen-bond acceptors (Lipinski definition) is 5. The average molecular weight is 235 g/mol. The van der Waals surface area contributed by atoms with Crippen molar-refractivity contribution in [1.82, 2.24) is 10.2 Å². The summed E-state index contributed by atoms with van der Waals surface area (Å²) in [6.07, 6.45) is 0. The number of hydrogen-bond donors (Lipinski definition) is 1.